The first-order valence-corrected chi connectivity index (χ1v) is 11.9. The fraction of sp³-hybridized carbons (Fsp3) is 0.321. The molecule has 2 unspecified atom stereocenters. The van der Waals surface area contributed by atoms with Crippen LogP contribution in [-0.2, 0) is 16.1 Å². The van der Waals surface area contributed by atoms with E-state index in [2.05, 4.69) is 55.9 Å². The summed E-state index contributed by atoms with van der Waals surface area (Å²) in [5.41, 5.74) is 2.56. The van der Waals surface area contributed by atoms with Gasteiger partial charge in [-0.3, -0.25) is 19.7 Å². The van der Waals surface area contributed by atoms with Crippen LogP contribution in [0.15, 0.2) is 79.0 Å². The lowest BCUT2D eigenvalue weighted by Gasteiger charge is -2.40. The quantitative estimate of drug-likeness (QED) is 0.233. The first-order chi connectivity index (χ1) is 16.7. The third kappa shape index (κ3) is 6.10. The molecule has 0 aromatic heterocycles. The van der Waals surface area contributed by atoms with Gasteiger partial charge in [0.25, 0.3) is 5.91 Å². The molecule has 2 aliphatic heterocycles. The standard InChI is InChI=1S/C28H32BN3O3/c1-5-7-8-20(4)15-21(10-9-19(3)6-2)17-30-23-11-12-24-22(16-23)18-32(26(24)34)28(29)14-13-25(33)31-27(28)35/h6-12,15-16,19,30H,2,4-5,13-14,17-18H2,1,3H3,(H,31,33,35)/b8-7-,10-9-,21-15+. The summed E-state index contributed by atoms with van der Waals surface area (Å²) in [6.45, 7) is 12.8. The number of piperidine rings is 1. The van der Waals surface area contributed by atoms with Crippen molar-refractivity contribution in [2.45, 2.75) is 45.1 Å². The molecule has 3 amide bonds. The van der Waals surface area contributed by atoms with E-state index in [-0.39, 0.29) is 37.1 Å². The van der Waals surface area contributed by atoms with Crippen LogP contribution in [-0.4, -0.2) is 42.5 Å². The first-order valence-electron chi connectivity index (χ1n) is 11.9. The molecule has 1 aromatic carbocycles. The third-order valence-corrected chi connectivity index (χ3v) is 6.19. The molecule has 35 heavy (non-hydrogen) atoms. The minimum Gasteiger partial charge on any atom is -0.381 e. The lowest BCUT2D eigenvalue weighted by molar-refractivity contribution is -0.138. The number of amides is 3. The predicted molar refractivity (Wildman–Crippen MR) is 141 cm³/mol. The number of carbonyl (C=O) groups excluding carboxylic acids is 3. The SMILES string of the molecule is [B]C1(N2Cc3cc(NCC(/C=C\C(C)C=C)=C/C(=C)/C=C\CC)ccc3C2=O)CCC(=O)NC1=O. The van der Waals surface area contributed by atoms with E-state index in [0.29, 0.717) is 12.1 Å². The number of imide groups is 1. The van der Waals surface area contributed by atoms with Crippen molar-refractivity contribution < 1.29 is 14.4 Å². The molecule has 0 spiro atoms. The summed E-state index contributed by atoms with van der Waals surface area (Å²) in [7, 11) is 6.32. The Balaban J connectivity index is 1.75. The zero-order valence-electron chi connectivity index (χ0n) is 20.5. The van der Waals surface area contributed by atoms with Crippen molar-refractivity contribution in [2.75, 3.05) is 11.9 Å². The van der Waals surface area contributed by atoms with Gasteiger partial charge in [-0.15, -0.1) is 6.58 Å². The number of nitrogens with zero attached hydrogens (tertiary/aromatic N) is 1. The average Bonchev–Trinajstić information content (AvgIpc) is 3.18. The molecule has 180 valence electrons. The Morgan fingerprint density at radius 3 is 2.77 bits per heavy atom. The van der Waals surface area contributed by atoms with Crippen LogP contribution in [0.3, 0.4) is 0 Å². The normalized spacial score (nSPS) is 21.4. The van der Waals surface area contributed by atoms with Crippen LogP contribution in [0.2, 0.25) is 0 Å². The maximum atomic E-state index is 13.0. The zero-order chi connectivity index (χ0) is 25.6. The van der Waals surface area contributed by atoms with Gasteiger partial charge < -0.3 is 10.2 Å². The second-order valence-corrected chi connectivity index (χ2v) is 8.98. The zero-order valence-corrected chi connectivity index (χ0v) is 20.5. The van der Waals surface area contributed by atoms with Crippen LogP contribution >= 0.6 is 0 Å². The number of allylic oxidation sites excluding steroid dienone is 6. The van der Waals surface area contributed by atoms with Gasteiger partial charge in [0.15, 0.2) is 0 Å². The summed E-state index contributed by atoms with van der Waals surface area (Å²) in [6.07, 6.45) is 13.3. The van der Waals surface area contributed by atoms with Gasteiger partial charge in [-0.2, -0.15) is 0 Å². The molecule has 3 rings (SSSR count). The number of fused-ring (bicyclic) bond motifs is 1. The lowest BCUT2D eigenvalue weighted by Crippen LogP contribution is -2.63. The summed E-state index contributed by atoms with van der Waals surface area (Å²) in [6, 6.07) is 5.49. The number of anilines is 1. The molecule has 0 saturated carbocycles. The van der Waals surface area contributed by atoms with Gasteiger partial charge >= 0.3 is 0 Å². The summed E-state index contributed by atoms with van der Waals surface area (Å²) in [4.78, 5) is 38.4. The lowest BCUT2D eigenvalue weighted by atomic mass is 9.70. The molecular formula is C28H32BN3O3. The number of rotatable bonds is 10. The van der Waals surface area contributed by atoms with E-state index in [0.717, 1.165) is 28.8 Å². The third-order valence-electron chi connectivity index (χ3n) is 6.19. The van der Waals surface area contributed by atoms with E-state index in [4.69, 9.17) is 7.85 Å². The van der Waals surface area contributed by atoms with Crippen LogP contribution in [0.5, 0.6) is 0 Å². The molecule has 2 atom stereocenters. The molecular weight excluding hydrogens is 437 g/mol. The Hall–Kier alpha value is -3.61. The van der Waals surface area contributed by atoms with E-state index >= 15 is 0 Å². The Bertz CT molecular complexity index is 1130. The van der Waals surface area contributed by atoms with Crippen molar-refractivity contribution in [3.8, 4) is 0 Å². The average molecular weight is 469 g/mol. The summed E-state index contributed by atoms with van der Waals surface area (Å²) < 4.78 is 0. The van der Waals surface area contributed by atoms with Gasteiger partial charge in [0.1, 0.15) is 7.85 Å². The van der Waals surface area contributed by atoms with Gasteiger partial charge in [0.2, 0.25) is 11.8 Å². The topological polar surface area (TPSA) is 78.5 Å². The minimum absolute atomic E-state index is 0.0982. The van der Waals surface area contributed by atoms with Crippen molar-refractivity contribution in [2.24, 2.45) is 5.92 Å². The molecule has 1 fully saturated rings. The van der Waals surface area contributed by atoms with E-state index in [1.54, 1.807) is 6.07 Å². The number of carbonyl (C=O) groups is 3. The second kappa shape index (κ2) is 11.2. The van der Waals surface area contributed by atoms with Crippen molar-refractivity contribution in [3.05, 3.63) is 90.1 Å². The molecule has 2 N–H and O–H groups in total. The Labute approximate surface area is 208 Å². The number of hydrogen-bond donors (Lipinski definition) is 2. The smallest absolute Gasteiger partial charge is 0.254 e. The van der Waals surface area contributed by atoms with Crippen LogP contribution in [0.25, 0.3) is 0 Å². The molecule has 1 aromatic rings. The van der Waals surface area contributed by atoms with Crippen LogP contribution in [0, 0.1) is 5.92 Å². The largest absolute Gasteiger partial charge is 0.381 e. The number of benzene rings is 1. The highest BCUT2D eigenvalue weighted by Gasteiger charge is 2.47. The fourth-order valence-electron chi connectivity index (χ4n) is 4.00. The van der Waals surface area contributed by atoms with E-state index in [1.807, 2.05) is 30.4 Å². The molecule has 6 nitrogen and oxygen atoms in total. The van der Waals surface area contributed by atoms with E-state index < -0.39 is 11.3 Å². The Morgan fingerprint density at radius 1 is 1.31 bits per heavy atom. The van der Waals surface area contributed by atoms with E-state index in [1.165, 1.54) is 4.90 Å². The van der Waals surface area contributed by atoms with E-state index in [9.17, 15) is 14.4 Å². The summed E-state index contributed by atoms with van der Waals surface area (Å²) in [5.74, 6) is -1.08. The van der Waals surface area contributed by atoms with Crippen LogP contribution in [0.4, 0.5) is 5.69 Å². The predicted octanol–water partition coefficient (Wildman–Crippen LogP) is 4.18. The van der Waals surface area contributed by atoms with Crippen molar-refractivity contribution in [1.29, 1.82) is 0 Å². The Kier molecular flexibility index (Phi) is 8.33. The molecule has 7 heteroatoms. The maximum absolute atomic E-state index is 13.0. The van der Waals surface area contributed by atoms with Crippen LogP contribution in [0.1, 0.15) is 49.0 Å². The van der Waals surface area contributed by atoms with Gasteiger partial charge in [-0.1, -0.05) is 56.9 Å². The van der Waals surface area contributed by atoms with Gasteiger partial charge in [-0.25, -0.2) is 0 Å². The molecule has 1 saturated heterocycles. The molecule has 0 aliphatic carbocycles. The number of hydrogen-bond acceptors (Lipinski definition) is 4. The molecule has 2 heterocycles. The summed E-state index contributed by atoms with van der Waals surface area (Å²) >= 11 is 0. The second-order valence-electron chi connectivity index (χ2n) is 8.98. The molecule has 2 aliphatic rings. The Morgan fingerprint density at radius 2 is 2.09 bits per heavy atom. The van der Waals surface area contributed by atoms with Crippen molar-refractivity contribution in [3.63, 3.8) is 0 Å². The van der Waals surface area contributed by atoms with Gasteiger partial charge in [0.05, 0.1) is 5.44 Å². The highest BCUT2D eigenvalue weighted by Crippen LogP contribution is 2.33. The molecule has 2 radical (unpaired) electrons. The first kappa shape index (κ1) is 26.0. The highest BCUT2D eigenvalue weighted by molar-refractivity contribution is 6.32. The van der Waals surface area contributed by atoms with Crippen molar-refractivity contribution >= 4 is 31.3 Å². The van der Waals surface area contributed by atoms with Gasteiger partial charge in [0, 0.05) is 30.8 Å². The molecule has 0 bridgehead atoms. The monoisotopic (exact) mass is 469 g/mol. The summed E-state index contributed by atoms with van der Waals surface area (Å²) in [5, 5.41) is 5.67. The van der Waals surface area contributed by atoms with Crippen LogP contribution < -0.4 is 10.6 Å². The number of nitrogens with one attached hydrogen (secondary N) is 2. The minimum atomic E-state index is -1.54. The maximum Gasteiger partial charge on any atom is 0.254 e. The fourth-order valence-corrected chi connectivity index (χ4v) is 4.00. The van der Waals surface area contributed by atoms with Gasteiger partial charge in [-0.05, 0) is 53.7 Å². The highest BCUT2D eigenvalue weighted by atomic mass is 16.2. The van der Waals surface area contributed by atoms with Crippen molar-refractivity contribution in [1.82, 2.24) is 10.2 Å².